The van der Waals surface area contributed by atoms with Crippen molar-refractivity contribution in [3.63, 3.8) is 0 Å². The second-order valence-corrected chi connectivity index (χ2v) is 3.05. The molecule has 0 spiro atoms. The normalized spacial score (nSPS) is 8.22. The van der Waals surface area contributed by atoms with Gasteiger partial charge in [-0.3, -0.25) is 0 Å². The number of esters is 1. The quantitative estimate of drug-likeness (QED) is 0.378. The third-order valence-electron chi connectivity index (χ3n) is 2.20. The molecule has 18 heavy (non-hydrogen) atoms. The molecule has 1 aromatic heterocycles. The fourth-order valence-corrected chi connectivity index (χ4v) is 1.52. The topological polar surface area (TPSA) is 55.0 Å². The van der Waals surface area contributed by atoms with E-state index in [2.05, 4.69) is 10.9 Å². The number of rotatable bonds is 1. The van der Waals surface area contributed by atoms with Gasteiger partial charge in [0.1, 0.15) is 0 Å². The molecule has 0 radical (unpaired) electrons. The van der Waals surface area contributed by atoms with Gasteiger partial charge in [0.2, 0.25) is 0 Å². The standard InChI is InChI=1S/C11H10NO2.CN.Cu.Li/c1-12-7-9(11(13)14-2)8-5-3-4-6-10(8)12;1-2;;/h3-6H,1-2H3;;;/q2*-1;2*+1. The van der Waals surface area contributed by atoms with Crippen molar-refractivity contribution in [1.29, 1.82) is 5.26 Å². The number of ether oxygens (including phenoxy) is 1. The number of carbonyl (C=O) groups excluding carboxylic acids is 1. The molecule has 2 aromatic rings. The number of hydrogen-bond acceptors (Lipinski definition) is 3. The first-order valence-corrected chi connectivity index (χ1v) is 4.51. The molecule has 0 aliphatic carbocycles. The van der Waals surface area contributed by atoms with Crippen molar-refractivity contribution in [3.05, 3.63) is 42.6 Å². The zero-order chi connectivity index (χ0) is 12.1. The molecule has 0 amide bonds. The number of para-hydroxylation sites is 1. The molecular weight excluding hydrogens is 275 g/mol. The molecule has 0 saturated carbocycles. The summed E-state index contributed by atoms with van der Waals surface area (Å²) in [6, 6.07) is 7.65. The number of aromatic nitrogens is 1. The first-order valence-electron chi connectivity index (χ1n) is 4.51. The summed E-state index contributed by atoms with van der Waals surface area (Å²) in [4.78, 5) is 11.4. The van der Waals surface area contributed by atoms with Crippen LogP contribution >= 0.6 is 0 Å². The Morgan fingerprint density at radius 1 is 1.39 bits per heavy atom. The Kier molecular flexibility index (Phi) is 9.44. The van der Waals surface area contributed by atoms with Gasteiger partial charge < -0.3 is 25.9 Å². The molecule has 0 aliphatic rings. The van der Waals surface area contributed by atoms with Gasteiger partial charge in [-0.05, 0) is 12.6 Å². The molecule has 2 rings (SSSR count). The van der Waals surface area contributed by atoms with E-state index in [0.717, 1.165) is 10.9 Å². The van der Waals surface area contributed by atoms with Crippen LogP contribution in [-0.4, -0.2) is 17.6 Å². The Morgan fingerprint density at radius 3 is 2.50 bits per heavy atom. The van der Waals surface area contributed by atoms with Gasteiger partial charge in [-0.25, -0.2) is 0 Å². The molecule has 4 nitrogen and oxygen atoms in total. The summed E-state index contributed by atoms with van der Waals surface area (Å²) in [5, 5.41) is 7.13. The van der Waals surface area contributed by atoms with Crippen LogP contribution in [0.25, 0.3) is 10.9 Å². The molecule has 92 valence electrons. The number of aryl methyl sites for hydroxylation is 1. The van der Waals surface area contributed by atoms with Gasteiger partial charge in [-0.15, -0.1) is 11.5 Å². The van der Waals surface area contributed by atoms with Crippen molar-refractivity contribution in [2.24, 2.45) is 7.05 Å². The van der Waals surface area contributed by atoms with E-state index in [-0.39, 0.29) is 41.9 Å². The molecule has 0 saturated heterocycles. The van der Waals surface area contributed by atoms with Crippen LogP contribution in [0.1, 0.15) is 10.4 Å². The van der Waals surface area contributed by atoms with Crippen LogP contribution in [0.4, 0.5) is 0 Å². The zero-order valence-corrected chi connectivity index (χ0v) is 11.3. The van der Waals surface area contributed by atoms with Crippen LogP contribution in [-0.2, 0) is 28.9 Å². The molecule has 0 bridgehead atoms. The number of hydrogen-bond donors (Lipinski definition) is 0. The summed E-state index contributed by atoms with van der Waals surface area (Å²) in [7, 11) is 3.23. The van der Waals surface area contributed by atoms with Crippen molar-refractivity contribution in [1.82, 2.24) is 4.57 Å². The zero-order valence-electron chi connectivity index (χ0n) is 10.3. The summed E-state index contributed by atoms with van der Waals surface area (Å²) in [5.41, 5.74) is 1.47. The van der Waals surface area contributed by atoms with Crippen molar-refractivity contribution < 1.29 is 45.5 Å². The predicted octanol–water partition coefficient (Wildman–Crippen LogP) is -1.14. The number of methoxy groups -OCH3 is 1. The van der Waals surface area contributed by atoms with Crippen LogP contribution in [0, 0.1) is 18.0 Å². The van der Waals surface area contributed by atoms with E-state index in [1.807, 2.05) is 31.3 Å². The molecular formula is C12H10CuLiN2O2. The monoisotopic (exact) mass is 284 g/mol. The van der Waals surface area contributed by atoms with Gasteiger partial charge in [0.25, 0.3) is 5.97 Å². The molecule has 1 aromatic carbocycles. The number of fused-ring (bicyclic) bond motifs is 1. The van der Waals surface area contributed by atoms with Crippen LogP contribution < -0.4 is 18.9 Å². The van der Waals surface area contributed by atoms with E-state index >= 15 is 0 Å². The summed E-state index contributed by atoms with van der Waals surface area (Å²) >= 11 is 0. The van der Waals surface area contributed by atoms with Gasteiger partial charge in [0, 0.05) is 0 Å². The second-order valence-electron chi connectivity index (χ2n) is 3.05. The molecule has 0 aliphatic heterocycles. The molecule has 0 unspecified atom stereocenters. The maximum atomic E-state index is 11.4. The fraction of sp³-hybridized carbons (Fsp3) is 0.167. The Bertz CT molecular complexity index is 537. The van der Waals surface area contributed by atoms with Crippen molar-refractivity contribution >= 4 is 16.9 Å². The van der Waals surface area contributed by atoms with Gasteiger partial charge in [-0.2, -0.15) is 0 Å². The van der Waals surface area contributed by atoms with E-state index in [1.54, 1.807) is 4.57 Å². The number of carbonyl (C=O) groups is 1. The molecule has 0 N–H and O–H groups in total. The number of benzene rings is 1. The largest absolute Gasteiger partial charge is 1.00 e. The summed E-state index contributed by atoms with van der Waals surface area (Å²) in [6.45, 7) is 4.75. The first kappa shape index (κ1) is 19.2. The third kappa shape index (κ3) is 3.67. The van der Waals surface area contributed by atoms with Crippen LogP contribution in [0.15, 0.2) is 24.3 Å². The molecule has 0 fully saturated rings. The maximum Gasteiger partial charge on any atom is 1.00 e. The predicted molar refractivity (Wildman–Crippen MR) is 58.1 cm³/mol. The first-order chi connectivity index (χ1) is 7.74. The smallest absolute Gasteiger partial charge is 0.512 e. The summed E-state index contributed by atoms with van der Waals surface area (Å²) in [6.07, 6.45) is 2.95. The minimum Gasteiger partial charge on any atom is -0.512 e. The Labute approximate surface area is 129 Å². The van der Waals surface area contributed by atoms with Gasteiger partial charge in [-0.1, -0.05) is 29.9 Å². The molecule has 0 atom stereocenters. The number of nitrogens with zero attached hydrogens (tertiary/aromatic N) is 2. The average molecular weight is 285 g/mol. The van der Waals surface area contributed by atoms with E-state index in [0.29, 0.717) is 5.56 Å². The summed E-state index contributed by atoms with van der Waals surface area (Å²) < 4.78 is 6.47. The van der Waals surface area contributed by atoms with Gasteiger partial charge >= 0.3 is 35.9 Å². The fourth-order valence-electron chi connectivity index (χ4n) is 1.52. The molecule has 6 heteroatoms. The van der Waals surface area contributed by atoms with Crippen molar-refractivity contribution in [2.45, 2.75) is 0 Å². The van der Waals surface area contributed by atoms with Gasteiger partial charge in [0.05, 0.1) is 7.11 Å². The Morgan fingerprint density at radius 2 is 1.94 bits per heavy atom. The minimum atomic E-state index is -0.346. The van der Waals surface area contributed by atoms with Crippen molar-refractivity contribution in [2.75, 3.05) is 7.11 Å². The van der Waals surface area contributed by atoms with E-state index < -0.39 is 0 Å². The minimum absolute atomic E-state index is 0. The van der Waals surface area contributed by atoms with E-state index in [1.165, 1.54) is 7.11 Å². The molecule has 1 heterocycles. The van der Waals surface area contributed by atoms with Crippen LogP contribution in [0.2, 0.25) is 0 Å². The van der Waals surface area contributed by atoms with Crippen LogP contribution in [0.5, 0.6) is 0 Å². The summed E-state index contributed by atoms with van der Waals surface area (Å²) in [5.74, 6) is -0.346. The van der Waals surface area contributed by atoms with Crippen LogP contribution in [0.3, 0.4) is 0 Å². The maximum absolute atomic E-state index is 11.4. The average Bonchev–Trinajstić information content (AvgIpc) is 2.69. The van der Waals surface area contributed by atoms with Crippen molar-refractivity contribution in [3.8, 4) is 0 Å². The Hall–Kier alpha value is -1.16. The Balaban J connectivity index is 0. The van der Waals surface area contributed by atoms with E-state index in [9.17, 15) is 4.79 Å². The van der Waals surface area contributed by atoms with Gasteiger partial charge in [0.15, 0.2) is 0 Å². The second kappa shape index (κ2) is 8.86. The SMILES string of the molecule is COC(=O)c1[c-]n(C)c2ccccc12.[C-]#N.[Cu+].[Li+]. The van der Waals surface area contributed by atoms with E-state index in [4.69, 9.17) is 11.8 Å². The third-order valence-corrected chi connectivity index (χ3v) is 2.20.